The molecule has 0 N–H and O–H groups in total. The van der Waals surface area contributed by atoms with Gasteiger partial charge < -0.3 is 14.5 Å². The molecule has 8 heteroatoms. The maximum absolute atomic E-state index is 12.8. The lowest BCUT2D eigenvalue weighted by Crippen LogP contribution is -2.31. The molecule has 4 rings (SSSR count). The molecule has 1 amide bonds. The zero-order chi connectivity index (χ0) is 18.8. The summed E-state index contributed by atoms with van der Waals surface area (Å²) in [6.07, 6.45) is 3.93. The van der Waals surface area contributed by atoms with Crippen LogP contribution in [0, 0.1) is 0 Å². The Morgan fingerprint density at radius 1 is 1.11 bits per heavy atom. The number of hydrogen-bond acceptors (Lipinski definition) is 7. The van der Waals surface area contributed by atoms with E-state index < -0.39 is 0 Å². The summed E-state index contributed by atoms with van der Waals surface area (Å²) in [5, 5.41) is 8.20. The summed E-state index contributed by atoms with van der Waals surface area (Å²) >= 11 is 0. The number of rotatable bonds is 4. The molecule has 1 unspecified atom stereocenters. The van der Waals surface area contributed by atoms with Gasteiger partial charge in [0.05, 0.1) is 17.6 Å². The molecular formula is C19H20N6O2. The first-order valence-electron chi connectivity index (χ1n) is 8.78. The van der Waals surface area contributed by atoms with E-state index in [1.54, 1.807) is 35.5 Å². The summed E-state index contributed by atoms with van der Waals surface area (Å²) in [6, 6.07) is 9.05. The lowest BCUT2D eigenvalue weighted by atomic mass is 10.1. The van der Waals surface area contributed by atoms with Crippen LogP contribution >= 0.6 is 0 Å². The van der Waals surface area contributed by atoms with E-state index in [2.05, 4.69) is 20.2 Å². The molecule has 0 saturated carbocycles. The number of carbonyl (C=O) groups is 1. The van der Waals surface area contributed by atoms with Crippen LogP contribution in [0.25, 0.3) is 11.0 Å². The Hall–Kier alpha value is -3.29. The van der Waals surface area contributed by atoms with Gasteiger partial charge in [0, 0.05) is 51.1 Å². The van der Waals surface area contributed by atoms with E-state index in [0.717, 1.165) is 17.8 Å². The third-order valence-electron chi connectivity index (χ3n) is 4.52. The second kappa shape index (κ2) is 7.14. The van der Waals surface area contributed by atoms with Gasteiger partial charge in [0.2, 0.25) is 5.88 Å². The molecule has 1 saturated heterocycles. The standard InChI is InChI=1S/C19H20N6O2/c1-24(2)17-5-6-18(23-22-17)27-14-7-10-25(12-14)19(26)13-3-4-15-16(11-13)21-9-8-20-15/h3-6,8-9,11,14H,7,10,12H2,1-2H3. The second-order valence-corrected chi connectivity index (χ2v) is 6.66. The molecular weight excluding hydrogens is 344 g/mol. The molecule has 0 bridgehead atoms. The monoisotopic (exact) mass is 364 g/mol. The van der Waals surface area contributed by atoms with Crippen LogP contribution in [-0.4, -0.2) is 64.3 Å². The SMILES string of the molecule is CN(C)c1ccc(OC2CCN(C(=O)c3ccc4nccnc4c3)C2)nn1. The van der Waals surface area contributed by atoms with Crippen molar-refractivity contribution in [2.24, 2.45) is 0 Å². The maximum Gasteiger partial charge on any atom is 0.254 e. The molecule has 0 radical (unpaired) electrons. The highest BCUT2D eigenvalue weighted by Gasteiger charge is 2.28. The van der Waals surface area contributed by atoms with Crippen molar-refractivity contribution < 1.29 is 9.53 Å². The van der Waals surface area contributed by atoms with Crippen molar-refractivity contribution in [1.29, 1.82) is 0 Å². The fraction of sp³-hybridized carbons (Fsp3) is 0.316. The Labute approximate surface area is 156 Å². The highest BCUT2D eigenvalue weighted by Crippen LogP contribution is 2.20. The molecule has 1 fully saturated rings. The summed E-state index contributed by atoms with van der Waals surface area (Å²) in [5.41, 5.74) is 2.10. The minimum Gasteiger partial charge on any atom is -0.471 e. The van der Waals surface area contributed by atoms with Crippen LogP contribution in [0.1, 0.15) is 16.8 Å². The van der Waals surface area contributed by atoms with Gasteiger partial charge >= 0.3 is 0 Å². The van der Waals surface area contributed by atoms with Gasteiger partial charge in [-0.15, -0.1) is 10.2 Å². The molecule has 1 aliphatic heterocycles. The quantitative estimate of drug-likeness (QED) is 0.698. The molecule has 27 heavy (non-hydrogen) atoms. The van der Waals surface area contributed by atoms with Gasteiger partial charge in [-0.2, -0.15) is 0 Å². The molecule has 8 nitrogen and oxygen atoms in total. The van der Waals surface area contributed by atoms with E-state index in [-0.39, 0.29) is 12.0 Å². The van der Waals surface area contributed by atoms with E-state index in [4.69, 9.17) is 4.74 Å². The number of hydrogen-bond donors (Lipinski definition) is 0. The zero-order valence-corrected chi connectivity index (χ0v) is 15.2. The Morgan fingerprint density at radius 3 is 2.67 bits per heavy atom. The van der Waals surface area contributed by atoms with E-state index in [1.165, 1.54) is 0 Å². The lowest BCUT2D eigenvalue weighted by Gasteiger charge is -2.17. The van der Waals surface area contributed by atoms with Gasteiger partial charge in [-0.25, -0.2) is 0 Å². The van der Waals surface area contributed by atoms with E-state index in [0.29, 0.717) is 30.0 Å². The number of anilines is 1. The second-order valence-electron chi connectivity index (χ2n) is 6.66. The van der Waals surface area contributed by atoms with E-state index in [1.807, 2.05) is 31.1 Å². The number of fused-ring (bicyclic) bond motifs is 1. The topological polar surface area (TPSA) is 84.3 Å². The van der Waals surface area contributed by atoms with Crippen LogP contribution in [-0.2, 0) is 0 Å². The van der Waals surface area contributed by atoms with Gasteiger partial charge in [-0.05, 0) is 24.3 Å². The summed E-state index contributed by atoms with van der Waals surface area (Å²) in [5.74, 6) is 1.22. The Bertz CT molecular complexity index is 960. The Balaban J connectivity index is 1.41. The van der Waals surface area contributed by atoms with Crippen molar-refractivity contribution in [2.75, 3.05) is 32.1 Å². The average Bonchev–Trinajstić information content (AvgIpc) is 3.16. The fourth-order valence-electron chi connectivity index (χ4n) is 3.07. The third kappa shape index (κ3) is 3.64. The minimum atomic E-state index is -0.0892. The maximum atomic E-state index is 12.8. The van der Waals surface area contributed by atoms with Gasteiger partial charge in [0.1, 0.15) is 6.10 Å². The molecule has 1 atom stereocenters. The fourth-order valence-corrected chi connectivity index (χ4v) is 3.07. The molecule has 0 aliphatic carbocycles. The van der Waals surface area contributed by atoms with Gasteiger partial charge in [-0.1, -0.05) is 0 Å². The summed E-state index contributed by atoms with van der Waals surface area (Å²) in [7, 11) is 3.81. The van der Waals surface area contributed by atoms with Crippen molar-refractivity contribution in [3.05, 3.63) is 48.3 Å². The van der Waals surface area contributed by atoms with E-state index >= 15 is 0 Å². The Morgan fingerprint density at radius 2 is 1.93 bits per heavy atom. The number of likely N-dealkylation sites (tertiary alicyclic amines) is 1. The van der Waals surface area contributed by atoms with Crippen molar-refractivity contribution in [1.82, 2.24) is 25.1 Å². The molecule has 138 valence electrons. The Kier molecular flexibility index (Phi) is 4.53. The third-order valence-corrected chi connectivity index (χ3v) is 4.52. The highest BCUT2D eigenvalue weighted by molar-refractivity contribution is 5.97. The normalized spacial score (nSPS) is 16.5. The highest BCUT2D eigenvalue weighted by atomic mass is 16.5. The number of nitrogens with zero attached hydrogens (tertiary/aromatic N) is 6. The summed E-state index contributed by atoms with van der Waals surface area (Å²) in [6.45, 7) is 1.17. The first-order valence-corrected chi connectivity index (χ1v) is 8.78. The van der Waals surface area contributed by atoms with Crippen molar-refractivity contribution >= 4 is 22.8 Å². The molecule has 0 spiro atoms. The predicted molar refractivity (Wildman–Crippen MR) is 101 cm³/mol. The molecule has 2 aromatic heterocycles. The number of aromatic nitrogens is 4. The van der Waals surface area contributed by atoms with Gasteiger partial charge in [0.15, 0.2) is 5.82 Å². The van der Waals surface area contributed by atoms with Crippen LogP contribution < -0.4 is 9.64 Å². The van der Waals surface area contributed by atoms with Crippen molar-refractivity contribution in [2.45, 2.75) is 12.5 Å². The van der Waals surface area contributed by atoms with Crippen LogP contribution in [0.5, 0.6) is 5.88 Å². The summed E-state index contributed by atoms with van der Waals surface area (Å²) < 4.78 is 5.89. The lowest BCUT2D eigenvalue weighted by molar-refractivity contribution is 0.0771. The molecule has 3 aromatic rings. The largest absolute Gasteiger partial charge is 0.471 e. The molecule has 1 aromatic carbocycles. The predicted octanol–water partition coefficient (Wildman–Crippen LogP) is 1.78. The molecule has 1 aliphatic rings. The van der Waals surface area contributed by atoms with Crippen LogP contribution in [0.2, 0.25) is 0 Å². The first-order chi connectivity index (χ1) is 13.1. The average molecular weight is 364 g/mol. The number of carbonyl (C=O) groups excluding carboxylic acids is 1. The van der Waals surface area contributed by atoms with E-state index in [9.17, 15) is 4.79 Å². The number of amides is 1. The minimum absolute atomic E-state index is 0.0253. The van der Waals surface area contributed by atoms with Gasteiger partial charge in [0.25, 0.3) is 5.91 Å². The number of benzene rings is 1. The van der Waals surface area contributed by atoms with Crippen molar-refractivity contribution in [3.63, 3.8) is 0 Å². The van der Waals surface area contributed by atoms with Crippen LogP contribution in [0.15, 0.2) is 42.7 Å². The molecule has 3 heterocycles. The first kappa shape index (κ1) is 17.1. The van der Waals surface area contributed by atoms with Crippen molar-refractivity contribution in [3.8, 4) is 5.88 Å². The van der Waals surface area contributed by atoms with Crippen LogP contribution in [0.3, 0.4) is 0 Å². The number of ether oxygens (including phenoxy) is 1. The van der Waals surface area contributed by atoms with Crippen LogP contribution in [0.4, 0.5) is 5.82 Å². The smallest absolute Gasteiger partial charge is 0.254 e. The zero-order valence-electron chi connectivity index (χ0n) is 15.2. The van der Waals surface area contributed by atoms with Gasteiger partial charge in [-0.3, -0.25) is 14.8 Å². The summed E-state index contributed by atoms with van der Waals surface area (Å²) in [4.78, 5) is 25.0.